The van der Waals surface area contributed by atoms with Crippen LogP contribution in [0.1, 0.15) is 42.4 Å². The molecule has 4 N–H and O–H groups in total. The van der Waals surface area contributed by atoms with Gasteiger partial charge in [0.2, 0.25) is 11.8 Å². The lowest BCUT2D eigenvalue weighted by atomic mass is 9.82. The molecule has 156 valence electrons. The van der Waals surface area contributed by atoms with E-state index in [1.54, 1.807) is 0 Å². The Morgan fingerprint density at radius 2 is 1.90 bits per heavy atom. The third-order valence-electron chi connectivity index (χ3n) is 5.77. The molecule has 29 heavy (non-hydrogen) atoms. The molecule has 1 aliphatic carbocycles. The molecule has 1 fully saturated rings. The van der Waals surface area contributed by atoms with Gasteiger partial charge in [0.05, 0.1) is 4.92 Å². The lowest BCUT2D eigenvalue weighted by Crippen LogP contribution is -2.25. The number of anilines is 2. The first-order chi connectivity index (χ1) is 14.0. The van der Waals surface area contributed by atoms with Crippen LogP contribution in [-0.4, -0.2) is 28.0 Å². The number of aryl methyl sites for hydroxylation is 2. The van der Waals surface area contributed by atoms with Crippen molar-refractivity contribution in [2.24, 2.45) is 17.6 Å². The van der Waals surface area contributed by atoms with Crippen molar-refractivity contribution in [3.8, 4) is 0 Å². The van der Waals surface area contributed by atoms with Crippen LogP contribution < -0.4 is 16.4 Å². The predicted octanol–water partition coefficient (Wildman–Crippen LogP) is 3.79. The lowest BCUT2D eigenvalue weighted by Gasteiger charge is -2.27. The molecule has 0 amide bonds. The molecule has 0 unspecified atom stereocenters. The van der Waals surface area contributed by atoms with Gasteiger partial charge in [-0.3, -0.25) is 10.1 Å². The van der Waals surface area contributed by atoms with Gasteiger partial charge in [-0.2, -0.15) is 4.98 Å². The number of nitrogens with one attached hydrogen (secondary N) is 2. The van der Waals surface area contributed by atoms with Gasteiger partial charge < -0.3 is 16.4 Å². The van der Waals surface area contributed by atoms with Crippen LogP contribution in [0.3, 0.4) is 0 Å². The van der Waals surface area contributed by atoms with E-state index in [0.717, 1.165) is 37.8 Å². The molecule has 0 spiro atoms. The molecule has 2 aromatic rings. The van der Waals surface area contributed by atoms with Crippen molar-refractivity contribution in [2.45, 2.75) is 46.1 Å². The van der Waals surface area contributed by atoms with Crippen molar-refractivity contribution in [3.05, 3.63) is 51.2 Å². The maximum atomic E-state index is 11.4. The molecule has 3 rings (SSSR count). The number of nitro groups is 1. The third kappa shape index (κ3) is 5.63. The molecular formula is C21H30N6O2. The zero-order chi connectivity index (χ0) is 20.8. The fourth-order valence-electron chi connectivity index (χ4n) is 3.80. The van der Waals surface area contributed by atoms with E-state index in [1.807, 2.05) is 6.92 Å². The molecule has 8 heteroatoms. The largest absolute Gasteiger partial charge is 0.364 e. The van der Waals surface area contributed by atoms with E-state index in [2.05, 4.69) is 45.7 Å². The Balaban J connectivity index is 1.66. The average Bonchev–Trinajstić information content (AvgIpc) is 2.73. The van der Waals surface area contributed by atoms with Gasteiger partial charge in [0.1, 0.15) is 6.20 Å². The van der Waals surface area contributed by atoms with Gasteiger partial charge in [-0.25, -0.2) is 4.98 Å². The minimum atomic E-state index is -0.442. The van der Waals surface area contributed by atoms with Gasteiger partial charge >= 0.3 is 5.69 Å². The lowest BCUT2D eigenvalue weighted by molar-refractivity contribution is -0.384. The number of nitrogens with two attached hydrogens (primary N) is 1. The van der Waals surface area contributed by atoms with Crippen LogP contribution in [0, 0.1) is 35.8 Å². The van der Waals surface area contributed by atoms with Gasteiger partial charge in [-0.15, -0.1) is 0 Å². The second-order valence-electron chi connectivity index (χ2n) is 7.97. The van der Waals surface area contributed by atoms with E-state index in [9.17, 15) is 10.1 Å². The quantitative estimate of drug-likeness (QED) is 0.457. The Morgan fingerprint density at radius 1 is 1.17 bits per heavy atom. The fraction of sp³-hybridized carbons (Fsp3) is 0.524. The molecule has 8 nitrogen and oxygen atoms in total. The van der Waals surface area contributed by atoms with Crippen LogP contribution in [-0.2, 0) is 6.54 Å². The number of rotatable bonds is 8. The van der Waals surface area contributed by atoms with Gasteiger partial charge in [0.25, 0.3) is 0 Å². The average molecular weight is 399 g/mol. The summed E-state index contributed by atoms with van der Waals surface area (Å²) in [5.74, 6) is 1.75. The number of hydrogen-bond donors (Lipinski definition) is 3. The fourth-order valence-corrected chi connectivity index (χ4v) is 3.80. The standard InChI is InChI=1S/C21H30N6O2/c1-14-3-4-15(2)18(9-14)12-24-21-25-13-19(27(28)29)20(26-21)23-11-17-7-5-16(10-22)6-8-17/h3-4,9,13,16-17H,5-8,10-12,22H2,1-2H3,(H2,23,24,25,26). The summed E-state index contributed by atoms with van der Waals surface area (Å²) in [5, 5.41) is 17.8. The van der Waals surface area contributed by atoms with Crippen LogP contribution in [0.15, 0.2) is 24.4 Å². The second kappa shape index (κ2) is 9.65. The monoisotopic (exact) mass is 398 g/mol. The van der Waals surface area contributed by atoms with E-state index in [0.29, 0.717) is 30.9 Å². The minimum absolute atomic E-state index is 0.0991. The Labute approximate surface area is 171 Å². The molecule has 1 heterocycles. The van der Waals surface area contributed by atoms with E-state index in [1.165, 1.54) is 17.3 Å². The first-order valence-electron chi connectivity index (χ1n) is 10.2. The molecule has 0 atom stereocenters. The smallest absolute Gasteiger partial charge is 0.329 e. The highest BCUT2D eigenvalue weighted by molar-refractivity contribution is 5.57. The summed E-state index contributed by atoms with van der Waals surface area (Å²) in [6.45, 7) is 6.08. The van der Waals surface area contributed by atoms with Gasteiger partial charge in [-0.1, -0.05) is 23.8 Å². The van der Waals surface area contributed by atoms with Gasteiger partial charge in [0.15, 0.2) is 0 Å². The third-order valence-corrected chi connectivity index (χ3v) is 5.77. The highest BCUT2D eigenvalue weighted by Gasteiger charge is 2.22. The highest BCUT2D eigenvalue weighted by atomic mass is 16.6. The van der Waals surface area contributed by atoms with Crippen LogP contribution in [0.5, 0.6) is 0 Å². The molecule has 1 aliphatic rings. The van der Waals surface area contributed by atoms with Gasteiger partial charge in [-0.05, 0) is 69.0 Å². The molecule has 0 saturated heterocycles. The molecule has 1 aromatic heterocycles. The van der Waals surface area contributed by atoms with Crippen molar-refractivity contribution in [1.29, 1.82) is 0 Å². The molecule has 0 aliphatic heterocycles. The Hall–Kier alpha value is -2.74. The predicted molar refractivity (Wildman–Crippen MR) is 115 cm³/mol. The number of hydrogen-bond acceptors (Lipinski definition) is 7. The van der Waals surface area contributed by atoms with E-state index in [4.69, 9.17) is 5.73 Å². The zero-order valence-electron chi connectivity index (χ0n) is 17.1. The van der Waals surface area contributed by atoms with E-state index < -0.39 is 4.92 Å². The molecular weight excluding hydrogens is 368 g/mol. The minimum Gasteiger partial charge on any atom is -0.364 e. The number of nitrogens with zero attached hydrogens (tertiary/aromatic N) is 3. The summed E-state index contributed by atoms with van der Waals surface area (Å²) in [7, 11) is 0. The molecule has 1 aromatic carbocycles. The Morgan fingerprint density at radius 3 is 2.59 bits per heavy atom. The van der Waals surface area contributed by atoms with Crippen molar-refractivity contribution in [1.82, 2.24) is 9.97 Å². The number of aromatic nitrogens is 2. The second-order valence-corrected chi connectivity index (χ2v) is 7.97. The summed E-state index contributed by atoms with van der Waals surface area (Å²) in [6.07, 6.45) is 5.69. The maximum Gasteiger partial charge on any atom is 0.329 e. The summed E-state index contributed by atoms with van der Waals surface area (Å²) in [5.41, 5.74) is 9.17. The van der Waals surface area contributed by atoms with Crippen LogP contribution in [0.25, 0.3) is 0 Å². The summed E-state index contributed by atoms with van der Waals surface area (Å²) in [4.78, 5) is 19.4. The first kappa shape index (κ1) is 21.0. The topological polar surface area (TPSA) is 119 Å². The normalized spacial score (nSPS) is 19.0. The van der Waals surface area contributed by atoms with Crippen molar-refractivity contribution in [3.63, 3.8) is 0 Å². The molecule has 0 radical (unpaired) electrons. The van der Waals surface area contributed by atoms with E-state index in [-0.39, 0.29) is 11.5 Å². The zero-order valence-corrected chi connectivity index (χ0v) is 17.1. The summed E-state index contributed by atoms with van der Waals surface area (Å²) in [6, 6.07) is 6.27. The van der Waals surface area contributed by atoms with E-state index >= 15 is 0 Å². The SMILES string of the molecule is Cc1ccc(C)c(CNc2ncc([N+](=O)[O-])c(NCC3CCC(CN)CC3)n2)c1. The van der Waals surface area contributed by atoms with Crippen LogP contribution in [0.2, 0.25) is 0 Å². The van der Waals surface area contributed by atoms with Crippen LogP contribution >= 0.6 is 0 Å². The Bertz CT molecular complexity index is 849. The first-order valence-corrected chi connectivity index (χ1v) is 10.2. The van der Waals surface area contributed by atoms with Gasteiger partial charge in [0, 0.05) is 13.1 Å². The van der Waals surface area contributed by atoms with Crippen molar-refractivity contribution in [2.75, 3.05) is 23.7 Å². The van der Waals surface area contributed by atoms with Crippen molar-refractivity contribution < 1.29 is 4.92 Å². The highest BCUT2D eigenvalue weighted by Crippen LogP contribution is 2.29. The Kier molecular flexibility index (Phi) is 6.98. The van der Waals surface area contributed by atoms with Crippen molar-refractivity contribution >= 4 is 17.5 Å². The maximum absolute atomic E-state index is 11.4. The van der Waals surface area contributed by atoms with Crippen LogP contribution in [0.4, 0.5) is 17.5 Å². The number of benzene rings is 1. The molecule has 1 saturated carbocycles. The summed E-state index contributed by atoms with van der Waals surface area (Å²) >= 11 is 0. The molecule has 0 bridgehead atoms. The summed E-state index contributed by atoms with van der Waals surface area (Å²) < 4.78 is 0.